The van der Waals surface area contributed by atoms with Crippen LogP contribution >= 0.6 is 11.6 Å². The molecule has 0 aliphatic heterocycles. The van der Waals surface area contributed by atoms with E-state index in [9.17, 15) is 14.7 Å². The minimum Gasteiger partial charge on any atom is -0.497 e. The molecule has 0 saturated heterocycles. The Morgan fingerprint density at radius 2 is 1.91 bits per heavy atom. The van der Waals surface area contributed by atoms with Crippen molar-refractivity contribution in [3.05, 3.63) is 64.7 Å². The van der Waals surface area contributed by atoms with Gasteiger partial charge in [0.1, 0.15) is 11.8 Å². The zero-order valence-corrected chi connectivity index (χ0v) is 13.2. The number of nitrogens with one attached hydrogen (secondary N) is 1. The first kappa shape index (κ1) is 16.8. The lowest BCUT2D eigenvalue weighted by molar-refractivity contribution is -0.139. The van der Waals surface area contributed by atoms with Gasteiger partial charge in [-0.2, -0.15) is 0 Å². The number of carboxylic acid groups (broad SMARTS) is 1. The highest BCUT2D eigenvalue weighted by molar-refractivity contribution is 6.30. The lowest BCUT2D eigenvalue weighted by Gasteiger charge is -2.15. The van der Waals surface area contributed by atoms with E-state index in [1.54, 1.807) is 48.5 Å². The Morgan fingerprint density at radius 1 is 1.22 bits per heavy atom. The number of methoxy groups -OCH3 is 1. The van der Waals surface area contributed by atoms with Gasteiger partial charge in [-0.3, -0.25) is 4.79 Å². The summed E-state index contributed by atoms with van der Waals surface area (Å²) in [5, 5.41) is 12.4. The van der Waals surface area contributed by atoms with Gasteiger partial charge in [0, 0.05) is 17.0 Å². The predicted octanol–water partition coefficient (Wildman–Crippen LogP) is 2.77. The highest BCUT2D eigenvalue weighted by Gasteiger charge is 2.21. The third kappa shape index (κ3) is 4.72. The normalized spacial score (nSPS) is 11.6. The molecule has 2 N–H and O–H groups in total. The lowest BCUT2D eigenvalue weighted by atomic mass is 10.0. The van der Waals surface area contributed by atoms with E-state index in [0.29, 0.717) is 16.3 Å². The fourth-order valence-electron chi connectivity index (χ4n) is 2.08. The van der Waals surface area contributed by atoms with Crippen molar-refractivity contribution in [3.63, 3.8) is 0 Å². The molecule has 0 spiro atoms. The van der Waals surface area contributed by atoms with E-state index >= 15 is 0 Å². The minimum absolute atomic E-state index is 0.159. The molecule has 0 unspecified atom stereocenters. The van der Waals surface area contributed by atoms with Crippen LogP contribution in [-0.2, 0) is 11.2 Å². The molecule has 0 aliphatic carbocycles. The van der Waals surface area contributed by atoms with Crippen LogP contribution in [0.25, 0.3) is 0 Å². The largest absolute Gasteiger partial charge is 0.497 e. The molecule has 0 radical (unpaired) electrons. The van der Waals surface area contributed by atoms with Gasteiger partial charge < -0.3 is 15.2 Å². The fraction of sp³-hybridized carbons (Fsp3) is 0.176. The number of hydrogen-bond acceptors (Lipinski definition) is 3. The van der Waals surface area contributed by atoms with Crippen molar-refractivity contribution in [3.8, 4) is 5.75 Å². The van der Waals surface area contributed by atoms with Crippen molar-refractivity contribution in [1.29, 1.82) is 0 Å². The Bertz CT molecular complexity index is 700. The average molecular weight is 334 g/mol. The van der Waals surface area contributed by atoms with Gasteiger partial charge in [-0.1, -0.05) is 23.7 Å². The third-order valence-corrected chi connectivity index (χ3v) is 3.54. The molecule has 0 fully saturated rings. The second-order valence-corrected chi connectivity index (χ2v) is 5.36. The summed E-state index contributed by atoms with van der Waals surface area (Å²) in [6.45, 7) is 0. The zero-order valence-electron chi connectivity index (χ0n) is 12.5. The van der Waals surface area contributed by atoms with Crippen LogP contribution in [0.15, 0.2) is 48.5 Å². The van der Waals surface area contributed by atoms with Crippen molar-refractivity contribution < 1.29 is 19.4 Å². The molecular weight excluding hydrogens is 318 g/mol. The Morgan fingerprint density at radius 3 is 2.52 bits per heavy atom. The van der Waals surface area contributed by atoms with Gasteiger partial charge in [-0.05, 0) is 42.0 Å². The van der Waals surface area contributed by atoms with Gasteiger partial charge in [0.05, 0.1) is 7.11 Å². The van der Waals surface area contributed by atoms with Crippen molar-refractivity contribution in [2.75, 3.05) is 7.11 Å². The highest BCUT2D eigenvalue weighted by Crippen LogP contribution is 2.15. The first-order chi connectivity index (χ1) is 11.0. The number of hydrogen-bond donors (Lipinski definition) is 2. The van der Waals surface area contributed by atoms with Crippen molar-refractivity contribution in [2.45, 2.75) is 12.5 Å². The molecule has 2 aromatic carbocycles. The van der Waals surface area contributed by atoms with E-state index in [1.807, 2.05) is 0 Å². The molecule has 0 aliphatic rings. The number of ether oxygens (including phenoxy) is 1. The number of carbonyl (C=O) groups is 2. The van der Waals surface area contributed by atoms with E-state index in [-0.39, 0.29) is 6.42 Å². The summed E-state index contributed by atoms with van der Waals surface area (Å²) in [5.41, 5.74) is 1.11. The number of benzene rings is 2. The van der Waals surface area contributed by atoms with E-state index in [1.165, 1.54) is 7.11 Å². The fourth-order valence-corrected chi connectivity index (χ4v) is 2.20. The van der Waals surface area contributed by atoms with E-state index in [0.717, 1.165) is 5.56 Å². The Kier molecular flexibility index (Phi) is 5.60. The summed E-state index contributed by atoms with van der Waals surface area (Å²) in [4.78, 5) is 23.6. The van der Waals surface area contributed by atoms with E-state index in [2.05, 4.69) is 5.32 Å². The van der Waals surface area contributed by atoms with Crippen LogP contribution in [-0.4, -0.2) is 30.1 Å². The maximum Gasteiger partial charge on any atom is 0.326 e. The molecule has 120 valence electrons. The van der Waals surface area contributed by atoms with Gasteiger partial charge in [-0.15, -0.1) is 0 Å². The molecule has 0 saturated carbocycles. The molecule has 0 heterocycles. The highest BCUT2D eigenvalue weighted by atomic mass is 35.5. The summed E-state index contributed by atoms with van der Waals surface area (Å²) in [5.74, 6) is -0.928. The van der Waals surface area contributed by atoms with Crippen LogP contribution in [0, 0.1) is 0 Å². The van der Waals surface area contributed by atoms with E-state index in [4.69, 9.17) is 16.3 Å². The first-order valence-corrected chi connectivity index (χ1v) is 7.29. The number of halogens is 1. The zero-order chi connectivity index (χ0) is 16.8. The van der Waals surface area contributed by atoms with Gasteiger partial charge >= 0.3 is 5.97 Å². The lowest BCUT2D eigenvalue weighted by Crippen LogP contribution is -2.42. The quantitative estimate of drug-likeness (QED) is 0.852. The predicted molar refractivity (Wildman–Crippen MR) is 87.0 cm³/mol. The first-order valence-electron chi connectivity index (χ1n) is 6.92. The van der Waals surface area contributed by atoms with Gasteiger partial charge in [0.15, 0.2) is 0 Å². The smallest absolute Gasteiger partial charge is 0.326 e. The van der Waals surface area contributed by atoms with Gasteiger partial charge in [0.2, 0.25) is 0 Å². The van der Waals surface area contributed by atoms with E-state index < -0.39 is 17.9 Å². The number of carbonyl (C=O) groups excluding carboxylic acids is 1. The summed E-state index contributed by atoms with van der Waals surface area (Å²) in [7, 11) is 1.54. The van der Waals surface area contributed by atoms with Gasteiger partial charge in [-0.25, -0.2) is 4.79 Å². The molecule has 2 aromatic rings. The molecule has 23 heavy (non-hydrogen) atoms. The van der Waals surface area contributed by atoms with Crippen LogP contribution in [0.2, 0.25) is 5.02 Å². The number of rotatable bonds is 6. The minimum atomic E-state index is -1.10. The third-order valence-electron chi connectivity index (χ3n) is 3.28. The standard InChI is InChI=1S/C17H16ClNO4/c1-23-14-4-2-3-11(9-14)10-15(17(21)22)19-16(20)12-5-7-13(18)8-6-12/h2-9,15H,10H2,1H3,(H,19,20)(H,21,22)/t15-/m0/s1. The number of carboxylic acids is 1. The molecule has 1 amide bonds. The summed E-state index contributed by atoms with van der Waals surface area (Å²) in [6, 6.07) is 12.3. The maximum absolute atomic E-state index is 12.1. The maximum atomic E-state index is 12.1. The monoisotopic (exact) mass is 333 g/mol. The average Bonchev–Trinajstić information content (AvgIpc) is 2.54. The second-order valence-electron chi connectivity index (χ2n) is 4.93. The van der Waals surface area contributed by atoms with Crippen LogP contribution in [0.1, 0.15) is 15.9 Å². The number of aliphatic carboxylic acids is 1. The van der Waals surface area contributed by atoms with Crippen molar-refractivity contribution in [1.82, 2.24) is 5.32 Å². The molecule has 0 aromatic heterocycles. The van der Waals surface area contributed by atoms with Crippen molar-refractivity contribution >= 4 is 23.5 Å². The molecule has 5 nitrogen and oxygen atoms in total. The Balaban J connectivity index is 2.10. The Labute approximate surface area is 138 Å². The SMILES string of the molecule is COc1cccc(C[C@H](NC(=O)c2ccc(Cl)cc2)C(=O)O)c1. The van der Waals surface area contributed by atoms with Crippen molar-refractivity contribution in [2.24, 2.45) is 0 Å². The second kappa shape index (κ2) is 7.65. The summed E-state index contributed by atoms with van der Waals surface area (Å²) in [6.07, 6.45) is 0.159. The molecular formula is C17H16ClNO4. The molecule has 0 bridgehead atoms. The molecule has 1 atom stereocenters. The van der Waals surface area contributed by atoms with Crippen LogP contribution < -0.4 is 10.1 Å². The topological polar surface area (TPSA) is 75.6 Å². The Hall–Kier alpha value is -2.53. The summed E-state index contributed by atoms with van der Waals surface area (Å²) < 4.78 is 5.11. The van der Waals surface area contributed by atoms with Crippen LogP contribution in [0.3, 0.4) is 0 Å². The number of amides is 1. The van der Waals surface area contributed by atoms with Crippen LogP contribution in [0.5, 0.6) is 5.75 Å². The summed E-state index contributed by atoms with van der Waals surface area (Å²) >= 11 is 5.77. The van der Waals surface area contributed by atoms with Gasteiger partial charge in [0.25, 0.3) is 5.91 Å². The molecule has 6 heteroatoms. The molecule has 2 rings (SSSR count). The van der Waals surface area contributed by atoms with Crippen LogP contribution in [0.4, 0.5) is 0 Å².